The van der Waals surface area contributed by atoms with Crippen LogP contribution >= 0.6 is 0 Å². The van der Waals surface area contributed by atoms with Crippen LogP contribution in [0.25, 0.3) is 11.1 Å². The summed E-state index contributed by atoms with van der Waals surface area (Å²) >= 11 is 0. The normalized spacial score (nSPS) is 11.5. The molecule has 2 aromatic rings. The third-order valence-electron chi connectivity index (χ3n) is 5.63. The average molecular weight is 515 g/mol. The Morgan fingerprint density at radius 2 is 1.54 bits per heavy atom. The standard InChI is InChI=1S/C29H38O8/c1-4-5-6-7-24-18-26(35-15-17-37-29(33)22(3)20-31)12-13-27(24)23-8-10-25(11-9-23)34-14-16-36-28(32)21(2)19-30/h8-13,18,21,30-31H,3-7,14-17,19-20H2,1-2H3. The molecule has 0 heterocycles. The van der Waals surface area contributed by atoms with Gasteiger partial charge in [0.15, 0.2) is 0 Å². The highest BCUT2D eigenvalue weighted by Crippen LogP contribution is 2.30. The Labute approximate surface area is 218 Å². The first-order chi connectivity index (χ1) is 17.9. The van der Waals surface area contributed by atoms with Crippen LogP contribution in [0.15, 0.2) is 54.6 Å². The Kier molecular flexibility index (Phi) is 13.2. The molecule has 0 bridgehead atoms. The fourth-order valence-corrected chi connectivity index (χ4v) is 3.42. The van der Waals surface area contributed by atoms with Crippen molar-refractivity contribution in [1.29, 1.82) is 0 Å². The maximum Gasteiger partial charge on any atom is 0.335 e. The summed E-state index contributed by atoms with van der Waals surface area (Å²) < 4.78 is 21.5. The molecule has 0 saturated carbocycles. The second-order valence-corrected chi connectivity index (χ2v) is 8.65. The summed E-state index contributed by atoms with van der Waals surface area (Å²) in [6, 6.07) is 13.7. The first-order valence-electron chi connectivity index (χ1n) is 12.6. The summed E-state index contributed by atoms with van der Waals surface area (Å²) in [5, 5.41) is 17.9. The molecule has 0 fully saturated rings. The van der Waals surface area contributed by atoms with E-state index in [-0.39, 0.29) is 38.6 Å². The van der Waals surface area contributed by atoms with Gasteiger partial charge in [-0.15, -0.1) is 0 Å². The van der Waals surface area contributed by atoms with Crippen LogP contribution in [0.2, 0.25) is 0 Å². The molecule has 2 aromatic carbocycles. The lowest BCUT2D eigenvalue weighted by Crippen LogP contribution is -2.20. The van der Waals surface area contributed by atoms with E-state index in [4.69, 9.17) is 29.2 Å². The van der Waals surface area contributed by atoms with Gasteiger partial charge in [0.05, 0.1) is 24.7 Å². The molecule has 2 N–H and O–H groups in total. The molecule has 0 radical (unpaired) electrons. The number of hydrogen-bond donors (Lipinski definition) is 2. The Morgan fingerprint density at radius 1 is 0.892 bits per heavy atom. The first kappa shape index (κ1) is 29.9. The zero-order valence-electron chi connectivity index (χ0n) is 21.7. The number of aliphatic hydroxyl groups is 2. The molecule has 0 spiro atoms. The van der Waals surface area contributed by atoms with Crippen molar-refractivity contribution < 1.29 is 38.7 Å². The molecule has 2 rings (SSSR count). The lowest BCUT2D eigenvalue weighted by Gasteiger charge is -2.14. The summed E-state index contributed by atoms with van der Waals surface area (Å²) in [5.74, 6) is -0.264. The highest BCUT2D eigenvalue weighted by molar-refractivity contribution is 5.87. The number of benzene rings is 2. The topological polar surface area (TPSA) is 112 Å². The zero-order chi connectivity index (χ0) is 27.0. The van der Waals surface area contributed by atoms with Crippen LogP contribution in [-0.2, 0) is 25.5 Å². The Morgan fingerprint density at radius 3 is 2.19 bits per heavy atom. The third kappa shape index (κ3) is 10.3. The largest absolute Gasteiger partial charge is 0.490 e. The van der Waals surface area contributed by atoms with Crippen molar-refractivity contribution in [2.24, 2.45) is 5.92 Å². The van der Waals surface area contributed by atoms with Crippen LogP contribution in [0.5, 0.6) is 11.5 Å². The summed E-state index contributed by atoms with van der Waals surface area (Å²) in [6.07, 6.45) is 4.21. The number of aliphatic hydroxyl groups excluding tert-OH is 2. The van der Waals surface area contributed by atoms with Crippen molar-refractivity contribution in [3.05, 3.63) is 60.2 Å². The number of esters is 2. The van der Waals surface area contributed by atoms with Crippen molar-refractivity contribution in [3.63, 3.8) is 0 Å². The van der Waals surface area contributed by atoms with E-state index >= 15 is 0 Å². The molecular formula is C29H38O8. The molecule has 1 atom stereocenters. The second kappa shape index (κ2) is 16.4. The number of carbonyl (C=O) groups excluding carboxylic acids is 2. The lowest BCUT2D eigenvalue weighted by molar-refractivity contribution is -0.150. The Balaban J connectivity index is 1.98. The van der Waals surface area contributed by atoms with Crippen LogP contribution < -0.4 is 9.47 Å². The van der Waals surface area contributed by atoms with E-state index in [9.17, 15) is 9.59 Å². The Bertz CT molecular complexity index is 999. The number of hydrogen-bond acceptors (Lipinski definition) is 8. The third-order valence-corrected chi connectivity index (χ3v) is 5.63. The Hall–Kier alpha value is -3.36. The second-order valence-electron chi connectivity index (χ2n) is 8.65. The molecule has 202 valence electrons. The fraction of sp³-hybridized carbons (Fsp3) is 0.448. The van der Waals surface area contributed by atoms with Gasteiger partial charge in [-0.3, -0.25) is 4.79 Å². The van der Waals surface area contributed by atoms with Gasteiger partial charge in [0, 0.05) is 0 Å². The van der Waals surface area contributed by atoms with E-state index in [1.165, 1.54) is 0 Å². The van der Waals surface area contributed by atoms with Crippen molar-refractivity contribution >= 4 is 11.9 Å². The monoisotopic (exact) mass is 514 g/mol. The van der Waals surface area contributed by atoms with E-state index in [0.29, 0.717) is 11.5 Å². The summed E-state index contributed by atoms with van der Waals surface area (Å²) in [7, 11) is 0. The van der Waals surface area contributed by atoms with E-state index < -0.39 is 24.5 Å². The zero-order valence-corrected chi connectivity index (χ0v) is 21.7. The summed E-state index contributed by atoms with van der Waals surface area (Å²) in [5.41, 5.74) is 3.32. The highest BCUT2D eigenvalue weighted by Gasteiger charge is 2.13. The van der Waals surface area contributed by atoms with E-state index in [2.05, 4.69) is 13.5 Å². The van der Waals surface area contributed by atoms with Crippen molar-refractivity contribution in [2.75, 3.05) is 39.6 Å². The lowest BCUT2D eigenvalue weighted by atomic mass is 9.95. The van der Waals surface area contributed by atoms with Gasteiger partial charge in [0.25, 0.3) is 0 Å². The van der Waals surface area contributed by atoms with Crippen molar-refractivity contribution in [2.45, 2.75) is 39.5 Å². The molecular weight excluding hydrogens is 476 g/mol. The van der Waals surface area contributed by atoms with Gasteiger partial charge in [-0.2, -0.15) is 0 Å². The van der Waals surface area contributed by atoms with E-state index in [1.54, 1.807) is 6.92 Å². The van der Waals surface area contributed by atoms with Crippen LogP contribution in [0.1, 0.15) is 38.7 Å². The number of carbonyl (C=O) groups is 2. The molecule has 37 heavy (non-hydrogen) atoms. The van der Waals surface area contributed by atoms with Gasteiger partial charge in [-0.1, -0.05) is 44.5 Å². The quantitative estimate of drug-likeness (QED) is 0.184. The number of rotatable bonds is 17. The van der Waals surface area contributed by atoms with Crippen LogP contribution in [0, 0.1) is 5.92 Å². The fourth-order valence-electron chi connectivity index (χ4n) is 3.42. The van der Waals surface area contributed by atoms with Crippen LogP contribution in [0.4, 0.5) is 0 Å². The maximum absolute atomic E-state index is 11.6. The molecule has 0 aliphatic rings. The molecule has 8 heteroatoms. The van der Waals surface area contributed by atoms with E-state index in [0.717, 1.165) is 42.4 Å². The minimum Gasteiger partial charge on any atom is -0.490 e. The highest BCUT2D eigenvalue weighted by atomic mass is 16.6. The van der Waals surface area contributed by atoms with Gasteiger partial charge in [0.2, 0.25) is 0 Å². The van der Waals surface area contributed by atoms with Gasteiger partial charge in [-0.25, -0.2) is 4.79 Å². The van der Waals surface area contributed by atoms with Crippen LogP contribution in [-0.4, -0.2) is 61.8 Å². The minimum absolute atomic E-state index is 0.00935. The molecule has 0 aliphatic heterocycles. The molecule has 1 unspecified atom stereocenters. The summed E-state index contributed by atoms with van der Waals surface area (Å²) in [6.45, 7) is 7.12. The van der Waals surface area contributed by atoms with Gasteiger partial charge < -0.3 is 29.2 Å². The minimum atomic E-state index is -0.633. The van der Waals surface area contributed by atoms with Crippen molar-refractivity contribution in [3.8, 4) is 22.6 Å². The van der Waals surface area contributed by atoms with Gasteiger partial charge >= 0.3 is 11.9 Å². The van der Waals surface area contributed by atoms with Crippen LogP contribution in [0.3, 0.4) is 0 Å². The average Bonchev–Trinajstić information content (AvgIpc) is 2.92. The predicted octanol–water partition coefficient (Wildman–Crippen LogP) is 4.11. The molecule has 0 aromatic heterocycles. The molecule has 0 saturated heterocycles. The smallest absolute Gasteiger partial charge is 0.335 e. The van der Waals surface area contributed by atoms with E-state index in [1.807, 2.05) is 42.5 Å². The SMILES string of the molecule is C=C(CO)C(=O)OCCOc1ccc(-c2ccc(OCCOC(=O)C(C)CO)cc2)c(CCCCC)c1. The number of aryl methyl sites for hydroxylation is 1. The molecule has 0 aliphatic carbocycles. The van der Waals surface area contributed by atoms with Gasteiger partial charge in [0.1, 0.15) is 37.9 Å². The molecule has 0 amide bonds. The molecule has 8 nitrogen and oxygen atoms in total. The predicted molar refractivity (Wildman–Crippen MR) is 140 cm³/mol. The summed E-state index contributed by atoms with van der Waals surface area (Å²) in [4.78, 5) is 23.2. The maximum atomic E-state index is 11.6. The van der Waals surface area contributed by atoms with Gasteiger partial charge in [-0.05, 0) is 60.7 Å². The number of unbranched alkanes of at least 4 members (excludes halogenated alkanes) is 2. The first-order valence-corrected chi connectivity index (χ1v) is 12.6. The number of ether oxygens (including phenoxy) is 4. The van der Waals surface area contributed by atoms with Crippen molar-refractivity contribution in [1.82, 2.24) is 0 Å².